The molecule has 1 N–H and O–H groups in total. The maximum absolute atomic E-state index is 3.83. The third-order valence-electron chi connectivity index (χ3n) is 3.94. The van der Waals surface area contributed by atoms with E-state index in [1.54, 1.807) is 0 Å². The fraction of sp³-hybridized carbons (Fsp3) is 0.474. The molecule has 1 heterocycles. The molecule has 1 aromatic heterocycles. The van der Waals surface area contributed by atoms with Crippen molar-refractivity contribution >= 4 is 11.3 Å². The minimum absolute atomic E-state index is 0.413. The molecule has 2 aromatic rings. The first-order valence-electron chi connectivity index (χ1n) is 8.08. The number of hydrogen-bond acceptors (Lipinski definition) is 2. The molecule has 21 heavy (non-hydrogen) atoms. The molecule has 0 spiro atoms. The van der Waals surface area contributed by atoms with E-state index in [0.717, 1.165) is 0 Å². The maximum Gasteiger partial charge on any atom is 0.0391 e. The first kappa shape index (κ1) is 16.3. The molecule has 0 amide bonds. The number of unbranched alkanes of at least 4 members (excludes halogenated alkanes) is 2. The number of nitrogens with one attached hydrogen (secondary N) is 1. The van der Waals surface area contributed by atoms with Gasteiger partial charge in [0.1, 0.15) is 0 Å². The molecule has 2 atom stereocenters. The van der Waals surface area contributed by atoms with E-state index < -0.39 is 0 Å². The summed E-state index contributed by atoms with van der Waals surface area (Å²) in [5.41, 5.74) is 1.41. The highest BCUT2D eigenvalue weighted by atomic mass is 32.1. The molecule has 0 aliphatic rings. The zero-order chi connectivity index (χ0) is 15.1. The van der Waals surface area contributed by atoms with Gasteiger partial charge in [-0.15, -0.1) is 11.3 Å². The quantitative estimate of drug-likeness (QED) is 0.587. The Labute approximate surface area is 133 Å². The summed E-state index contributed by atoms with van der Waals surface area (Å²) < 4.78 is 0. The number of benzene rings is 1. The zero-order valence-electron chi connectivity index (χ0n) is 13.4. The van der Waals surface area contributed by atoms with Crippen LogP contribution in [0.3, 0.4) is 0 Å². The second-order valence-electron chi connectivity index (χ2n) is 5.80. The van der Waals surface area contributed by atoms with Crippen LogP contribution in [0, 0.1) is 6.92 Å². The summed E-state index contributed by atoms with van der Waals surface area (Å²) in [5.74, 6) is 0. The third-order valence-corrected chi connectivity index (χ3v) is 5.12. The molecule has 0 aliphatic heterocycles. The molecule has 2 heteroatoms. The van der Waals surface area contributed by atoms with E-state index in [2.05, 4.69) is 68.6 Å². The third kappa shape index (κ3) is 4.98. The van der Waals surface area contributed by atoms with Crippen molar-refractivity contribution in [3.8, 4) is 0 Å². The smallest absolute Gasteiger partial charge is 0.0391 e. The number of hydrogen-bond donors (Lipinski definition) is 1. The lowest BCUT2D eigenvalue weighted by Crippen LogP contribution is -2.24. The average Bonchev–Trinajstić information content (AvgIpc) is 2.94. The molecule has 2 rings (SSSR count). The Morgan fingerprint density at radius 3 is 2.43 bits per heavy atom. The lowest BCUT2D eigenvalue weighted by atomic mass is 9.99. The van der Waals surface area contributed by atoms with Gasteiger partial charge in [-0.1, -0.05) is 56.5 Å². The number of thiophene rings is 1. The molecule has 0 aliphatic carbocycles. The Morgan fingerprint density at radius 1 is 1.05 bits per heavy atom. The van der Waals surface area contributed by atoms with E-state index in [4.69, 9.17) is 0 Å². The minimum Gasteiger partial charge on any atom is -0.303 e. The van der Waals surface area contributed by atoms with Crippen molar-refractivity contribution in [2.75, 3.05) is 0 Å². The van der Waals surface area contributed by atoms with Gasteiger partial charge < -0.3 is 5.32 Å². The molecule has 0 radical (unpaired) electrons. The van der Waals surface area contributed by atoms with Gasteiger partial charge in [0.15, 0.2) is 0 Å². The van der Waals surface area contributed by atoms with Crippen LogP contribution in [0.25, 0.3) is 0 Å². The van der Waals surface area contributed by atoms with E-state index >= 15 is 0 Å². The summed E-state index contributed by atoms with van der Waals surface area (Å²) in [6.45, 7) is 6.72. The summed E-state index contributed by atoms with van der Waals surface area (Å²) in [6.07, 6.45) is 5.10. The van der Waals surface area contributed by atoms with Crippen molar-refractivity contribution in [2.24, 2.45) is 0 Å². The van der Waals surface area contributed by atoms with E-state index in [0.29, 0.717) is 12.1 Å². The lowest BCUT2D eigenvalue weighted by Gasteiger charge is -2.23. The Balaban J connectivity index is 2.04. The predicted molar refractivity (Wildman–Crippen MR) is 93.9 cm³/mol. The summed E-state index contributed by atoms with van der Waals surface area (Å²) >= 11 is 1.90. The van der Waals surface area contributed by atoms with Gasteiger partial charge in [-0.3, -0.25) is 0 Å². The van der Waals surface area contributed by atoms with Gasteiger partial charge in [0.25, 0.3) is 0 Å². The highest BCUT2D eigenvalue weighted by Gasteiger charge is 2.15. The molecule has 114 valence electrons. The van der Waals surface area contributed by atoms with E-state index in [1.807, 2.05) is 11.3 Å². The fourth-order valence-corrected chi connectivity index (χ4v) is 3.59. The van der Waals surface area contributed by atoms with E-state index in [9.17, 15) is 0 Å². The van der Waals surface area contributed by atoms with E-state index in [-0.39, 0.29) is 0 Å². The highest BCUT2D eigenvalue weighted by Crippen LogP contribution is 2.27. The molecule has 1 nitrogen and oxygen atoms in total. The summed E-state index contributed by atoms with van der Waals surface area (Å²) in [7, 11) is 0. The Morgan fingerprint density at radius 2 is 1.81 bits per heavy atom. The maximum atomic E-state index is 3.83. The van der Waals surface area contributed by atoms with Crippen LogP contribution in [-0.2, 0) is 0 Å². The van der Waals surface area contributed by atoms with Gasteiger partial charge >= 0.3 is 0 Å². The van der Waals surface area contributed by atoms with Crippen LogP contribution in [0.5, 0.6) is 0 Å². The first-order chi connectivity index (χ1) is 10.2. The van der Waals surface area contributed by atoms with Gasteiger partial charge in [0.2, 0.25) is 0 Å². The van der Waals surface area contributed by atoms with Crippen molar-refractivity contribution in [3.63, 3.8) is 0 Å². The van der Waals surface area contributed by atoms with Crippen LogP contribution < -0.4 is 5.32 Å². The Hall–Kier alpha value is -1.12. The summed E-state index contributed by atoms with van der Waals surface area (Å²) in [4.78, 5) is 2.82. The summed E-state index contributed by atoms with van der Waals surface area (Å²) in [5, 5.41) is 3.83. The SMILES string of the molecule is CCCCCC(NC(C)c1ccc(C)s1)c1ccccc1. The molecule has 0 bridgehead atoms. The normalized spacial score (nSPS) is 14.0. The van der Waals surface area contributed by atoms with Crippen LogP contribution >= 0.6 is 11.3 Å². The van der Waals surface area contributed by atoms with Crippen LogP contribution in [0.1, 0.15) is 66.9 Å². The van der Waals surface area contributed by atoms with E-state index in [1.165, 1.54) is 41.0 Å². The van der Waals surface area contributed by atoms with Gasteiger partial charge in [-0.25, -0.2) is 0 Å². The Bertz CT molecular complexity index is 517. The van der Waals surface area contributed by atoms with Crippen molar-refractivity contribution in [2.45, 2.75) is 58.5 Å². The highest BCUT2D eigenvalue weighted by molar-refractivity contribution is 7.12. The van der Waals surface area contributed by atoms with Gasteiger partial charge in [0, 0.05) is 21.8 Å². The van der Waals surface area contributed by atoms with Crippen molar-refractivity contribution < 1.29 is 0 Å². The number of aryl methyl sites for hydroxylation is 1. The van der Waals surface area contributed by atoms with Crippen LogP contribution in [-0.4, -0.2) is 0 Å². The second-order valence-corrected chi connectivity index (χ2v) is 7.12. The summed E-state index contributed by atoms with van der Waals surface area (Å²) in [6, 6.07) is 16.2. The van der Waals surface area contributed by atoms with Crippen LogP contribution in [0.15, 0.2) is 42.5 Å². The van der Waals surface area contributed by atoms with Crippen molar-refractivity contribution in [1.29, 1.82) is 0 Å². The topological polar surface area (TPSA) is 12.0 Å². The first-order valence-corrected chi connectivity index (χ1v) is 8.89. The van der Waals surface area contributed by atoms with Crippen molar-refractivity contribution in [1.82, 2.24) is 5.32 Å². The molecule has 2 unspecified atom stereocenters. The average molecular weight is 301 g/mol. The van der Waals surface area contributed by atoms with Crippen LogP contribution in [0.4, 0.5) is 0 Å². The lowest BCUT2D eigenvalue weighted by molar-refractivity contribution is 0.430. The fourth-order valence-electron chi connectivity index (χ4n) is 2.70. The van der Waals surface area contributed by atoms with Crippen LogP contribution in [0.2, 0.25) is 0 Å². The molecule has 0 saturated carbocycles. The monoisotopic (exact) mass is 301 g/mol. The zero-order valence-corrected chi connectivity index (χ0v) is 14.2. The van der Waals surface area contributed by atoms with Gasteiger partial charge in [0.05, 0.1) is 0 Å². The Kier molecular flexibility index (Phi) is 6.47. The predicted octanol–water partition coefficient (Wildman–Crippen LogP) is 6.03. The second kappa shape index (κ2) is 8.35. The molecule has 1 aromatic carbocycles. The largest absolute Gasteiger partial charge is 0.303 e. The van der Waals surface area contributed by atoms with Crippen molar-refractivity contribution in [3.05, 3.63) is 57.8 Å². The molecule has 0 saturated heterocycles. The molecular weight excluding hydrogens is 274 g/mol. The van der Waals surface area contributed by atoms with Gasteiger partial charge in [-0.05, 0) is 38.0 Å². The number of rotatable bonds is 8. The minimum atomic E-state index is 0.413. The molecular formula is C19H27NS. The standard InChI is InChI=1S/C19H27NS/c1-4-5-7-12-18(17-10-8-6-9-11-17)20-16(3)19-14-13-15(2)21-19/h6,8-11,13-14,16,18,20H,4-5,7,12H2,1-3H3. The molecule has 0 fully saturated rings. The van der Waals surface area contributed by atoms with Gasteiger partial charge in [-0.2, -0.15) is 0 Å².